The van der Waals surface area contributed by atoms with E-state index in [0.29, 0.717) is 13.0 Å². The first-order valence-corrected chi connectivity index (χ1v) is 9.05. The molecule has 1 aromatic heterocycles. The smallest absolute Gasteiger partial charge is 0.227 e. The van der Waals surface area contributed by atoms with E-state index in [1.807, 2.05) is 29.8 Å². The first-order chi connectivity index (χ1) is 12.0. The van der Waals surface area contributed by atoms with Gasteiger partial charge in [0.05, 0.1) is 11.0 Å². The molecule has 0 atom stereocenters. The lowest BCUT2D eigenvalue weighted by Crippen LogP contribution is -2.24. The van der Waals surface area contributed by atoms with Crippen LogP contribution in [0.15, 0.2) is 18.2 Å². The Balaban J connectivity index is 1.71. The van der Waals surface area contributed by atoms with Gasteiger partial charge >= 0.3 is 0 Å². The average Bonchev–Trinajstić information content (AvgIpc) is 2.91. The molecule has 2 N–H and O–H groups in total. The van der Waals surface area contributed by atoms with Crippen molar-refractivity contribution in [2.45, 2.75) is 45.4 Å². The maximum Gasteiger partial charge on any atom is 0.227 e. The zero-order valence-electron chi connectivity index (χ0n) is 15.0. The van der Waals surface area contributed by atoms with Gasteiger partial charge in [0, 0.05) is 38.5 Å². The molecule has 2 amide bonds. The van der Waals surface area contributed by atoms with Gasteiger partial charge in [0.25, 0.3) is 0 Å². The summed E-state index contributed by atoms with van der Waals surface area (Å²) in [6.45, 7) is 2.08. The molecule has 1 aliphatic rings. The van der Waals surface area contributed by atoms with Crippen molar-refractivity contribution in [3.05, 3.63) is 24.0 Å². The molecule has 1 fully saturated rings. The minimum atomic E-state index is -0.0357. The Hall–Kier alpha value is -2.37. The highest BCUT2D eigenvalue weighted by Gasteiger charge is 2.21. The molecular formula is C19H26N4O2. The predicted molar refractivity (Wildman–Crippen MR) is 98.3 cm³/mol. The number of nitrogens with one attached hydrogen (secondary N) is 2. The summed E-state index contributed by atoms with van der Waals surface area (Å²) in [5.41, 5.74) is 2.69. The molecule has 1 aliphatic carbocycles. The number of imidazole rings is 1. The second-order valence-electron chi connectivity index (χ2n) is 6.85. The Morgan fingerprint density at radius 3 is 2.72 bits per heavy atom. The lowest BCUT2D eigenvalue weighted by molar-refractivity contribution is -0.121. The molecule has 25 heavy (non-hydrogen) atoms. The molecule has 0 spiro atoms. The van der Waals surface area contributed by atoms with Crippen molar-refractivity contribution in [1.82, 2.24) is 14.9 Å². The van der Waals surface area contributed by atoms with Crippen LogP contribution in [0, 0.1) is 5.92 Å². The molecule has 1 heterocycles. The summed E-state index contributed by atoms with van der Waals surface area (Å²) in [7, 11) is 1.97. The number of benzene rings is 1. The summed E-state index contributed by atoms with van der Waals surface area (Å²) in [6, 6.07) is 5.85. The molecule has 134 valence electrons. The minimum Gasteiger partial charge on any atom is -0.356 e. The quantitative estimate of drug-likeness (QED) is 0.877. The molecule has 6 nitrogen and oxygen atoms in total. The van der Waals surface area contributed by atoms with Gasteiger partial charge in [-0.05, 0) is 31.0 Å². The van der Waals surface area contributed by atoms with Crippen LogP contribution >= 0.6 is 0 Å². The van der Waals surface area contributed by atoms with Gasteiger partial charge < -0.3 is 15.2 Å². The number of nitrogens with zero attached hydrogens (tertiary/aromatic N) is 2. The highest BCUT2D eigenvalue weighted by molar-refractivity contribution is 5.94. The van der Waals surface area contributed by atoms with E-state index in [4.69, 9.17) is 0 Å². The van der Waals surface area contributed by atoms with Crippen LogP contribution in [0.5, 0.6) is 0 Å². The number of carbonyl (C=O) groups excluding carboxylic acids is 2. The predicted octanol–water partition coefficient (Wildman–Crippen LogP) is 2.77. The standard InChI is InChI=1S/C19H26N4O2/c1-13(24)20-11-10-18-22-16-12-15(8-9-17(16)23(18)2)21-19(25)14-6-4-3-5-7-14/h8-9,12,14H,3-7,10-11H2,1-2H3,(H,20,24)(H,21,25). The summed E-state index contributed by atoms with van der Waals surface area (Å²) in [6.07, 6.45) is 6.19. The number of aryl methyl sites for hydroxylation is 1. The lowest BCUT2D eigenvalue weighted by atomic mass is 9.88. The number of hydrogen-bond donors (Lipinski definition) is 2. The summed E-state index contributed by atoms with van der Waals surface area (Å²) >= 11 is 0. The van der Waals surface area contributed by atoms with Crippen molar-refractivity contribution in [2.24, 2.45) is 13.0 Å². The van der Waals surface area contributed by atoms with E-state index >= 15 is 0 Å². The van der Waals surface area contributed by atoms with Crippen molar-refractivity contribution < 1.29 is 9.59 Å². The molecule has 0 saturated heterocycles. The first kappa shape index (κ1) is 17.5. The van der Waals surface area contributed by atoms with Crippen molar-refractivity contribution in [2.75, 3.05) is 11.9 Å². The number of hydrogen-bond acceptors (Lipinski definition) is 3. The van der Waals surface area contributed by atoms with Crippen LogP contribution in [-0.2, 0) is 23.1 Å². The largest absolute Gasteiger partial charge is 0.356 e. The topological polar surface area (TPSA) is 76.0 Å². The van der Waals surface area contributed by atoms with Crippen molar-refractivity contribution in [3.63, 3.8) is 0 Å². The van der Waals surface area contributed by atoms with Gasteiger partial charge in [-0.2, -0.15) is 0 Å². The lowest BCUT2D eigenvalue weighted by Gasteiger charge is -2.20. The fraction of sp³-hybridized carbons (Fsp3) is 0.526. The second-order valence-corrected chi connectivity index (χ2v) is 6.85. The summed E-state index contributed by atoms with van der Waals surface area (Å²) < 4.78 is 2.03. The number of aromatic nitrogens is 2. The van der Waals surface area contributed by atoms with Gasteiger partial charge in [0.1, 0.15) is 5.82 Å². The maximum absolute atomic E-state index is 12.4. The maximum atomic E-state index is 12.4. The zero-order chi connectivity index (χ0) is 17.8. The highest BCUT2D eigenvalue weighted by Crippen LogP contribution is 2.26. The van der Waals surface area contributed by atoms with Crippen LogP contribution < -0.4 is 10.6 Å². The SMILES string of the molecule is CC(=O)NCCc1nc2cc(NC(=O)C3CCCCC3)ccc2n1C. The van der Waals surface area contributed by atoms with Crippen LogP contribution in [0.1, 0.15) is 44.9 Å². The van der Waals surface area contributed by atoms with E-state index in [0.717, 1.165) is 48.2 Å². The second kappa shape index (κ2) is 7.68. The molecule has 1 saturated carbocycles. The van der Waals surface area contributed by atoms with Crippen molar-refractivity contribution in [1.29, 1.82) is 0 Å². The molecule has 6 heteroatoms. The molecular weight excluding hydrogens is 316 g/mol. The van der Waals surface area contributed by atoms with Gasteiger partial charge in [0.15, 0.2) is 0 Å². The number of anilines is 1. The van der Waals surface area contributed by atoms with Crippen LogP contribution in [0.4, 0.5) is 5.69 Å². The van der Waals surface area contributed by atoms with E-state index in [2.05, 4.69) is 15.6 Å². The van der Waals surface area contributed by atoms with E-state index in [1.54, 1.807) is 0 Å². The van der Waals surface area contributed by atoms with Crippen molar-refractivity contribution in [3.8, 4) is 0 Å². The number of fused-ring (bicyclic) bond motifs is 1. The Labute approximate surface area is 148 Å². The molecule has 3 rings (SSSR count). The monoisotopic (exact) mass is 342 g/mol. The molecule has 0 bridgehead atoms. The summed E-state index contributed by atoms with van der Waals surface area (Å²) in [5, 5.41) is 5.84. The van der Waals surface area contributed by atoms with E-state index < -0.39 is 0 Å². The number of carbonyl (C=O) groups is 2. The van der Waals surface area contributed by atoms with Gasteiger partial charge in [-0.25, -0.2) is 4.98 Å². The molecule has 0 aliphatic heterocycles. The van der Waals surface area contributed by atoms with E-state index in [1.165, 1.54) is 13.3 Å². The van der Waals surface area contributed by atoms with Crippen LogP contribution in [0.3, 0.4) is 0 Å². The number of rotatable bonds is 5. The molecule has 2 aromatic rings. The molecule has 0 radical (unpaired) electrons. The van der Waals surface area contributed by atoms with Gasteiger partial charge in [-0.15, -0.1) is 0 Å². The van der Waals surface area contributed by atoms with Crippen molar-refractivity contribution >= 4 is 28.5 Å². The fourth-order valence-corrected chi connectivity index (χ4v) is 3.51. The van der Waals surface area contributed by atoms with Gasteiger partial charge in [-0.3, -0.25) is 9.59 Å². The van der Waals surface area contributed by atoms with E-state index in [-0.39, 0.29) is 17.7 Å². The van der Waals surface area contributed by atoms with Crippen LogP contribution in [0.25, 0.3) is 11.0 Å². The van der Waals surface area contributed by atoms with Crippen LogP contribution in [0.2, 0.25) is 0 Å². The highest BCUT2D eigenvalue weighted by atomic mass is 16.2. The van der Waals surface area contributed by atoms with Crippen LogP contribution in [-0.4, -0.2) is 27.9 Å². The first-order valence-electron chi connectivity index (χ1n) is 9.05. The zero-order valence-corrected chi connectivity index (χ0v) is 15.0. The Bertz CT molecular complexity index is 775. The summed E-state index contributed by atoms with van der Waals surface area (Å²) in [5.74, 6) is 1.15. The Morgan fingerprint density at radius 2 is 2.00 bits per heavy atom. The normalized spacial score (nSPS) is 15.3. The third-order valence-corrected chi connectivity index (χ3v) is 4.94. The molecule has 0 unspecified atom stereocenters. The Morgan fingerprint density at radius 1 is 1.24 bits per heavy atom. The molecule has 1 aromatic carbocycles. The van der Waals surface area contributed by atoms with Gasteiger partial charge in [0.2, 0.25) is 11.8 Å². The minimum absolute atomic E-state index is 0.0357. The third kappa shape index (κ3) is 4.18. The van der Waals surface area contributed by atoms with Gasteiger partial charge in [-0.1, -0.05) is 19.3 Å². The fourth-order valence-electron chi connectivity index (χ4n) is 3.51. The Kier molecular flexibility index (Phi) is 5.36. The summed E-state index contributed by atoms with van der Waals surface area (Å²) in [4.78, 5) is 28.0. The van der Waals surface area contributed by atoms with E-state index in [9.17, 15) is 9.59 Å². The number of amides is 2. The average molecular weight is 342 g/mol. The third-order valence-electron chi connectivity index (χ3n) is 4.94.